The quantitative estimate of drug-likeness (QED) is 0.0674. The van der Waals surface area contributed by atoms with E-state index in [1.54, 1.807) is 6.07 Å². The molecule has 17 heteroatoms. The molecule has 1 aliphatic rings. The number of benzene rings is 3. The minimum atomic E-state index is -3.80. The Labute approximate surface area is 273 Å². The number of ketones is 1. The van der Waals surface area contributed by atoms with Crippen LogP contribution in [0.4, 0.5) is 17.1 Å². The van der Waals surface area contributed by atoms with Gasteiger partial charge in [-0.05, 0) is 60.4 Å². The van der Waals surface area contributed by atoms with Crippen molar-refractivity contribution in [2.24, 2.45) is 5.92 Å². The van der Waals surface area contributed by atoms with Crippen molar-refractivity contribution >= 4 is 68.4 Å². The van der Waals surface area contributed by atoms with Gasteiger partial charge in [0.1, 0.15) is 18.4 Å². The molecule has 2 atom stereocenters. The molecule has 246 valence electrons. The SMILES string of the molecule is CS(=O)(=O)Nc1cc(NC(=O)[C@@H]2C[C@@H](CC(=O)S)CN2C(=O)C(=O)c2ccccc2OCc2ccc([N+](=O)[O-])cc2)cc(C(=O)O)c1. The summed E-state index contributed by atoms with van der Waals surface area (Å²) in [5.74, 6) is -4.77. The van der Waals surface area contributed by atoms with Crippen molar-refractivity contribution in [3.63, 3.8) is 0 Å². The number of carboxylic acid groups (broad SMARTS) is 1. The van der Waals surface area contributed by atoms with Crippen molar-refractivity contribution in [1.29, 1.82) is 0 Å². The molecule has 3 N–H and O–H groups in total. The van der Waals surface area contributed by atoms with Crippen LogP contribution in [0.2, 0.25) is 0 Å². The van der Waals surface area contributed by atoms with Crippen molar-refractivity contribution in [3.8, 4) is 5.75 Å². The minimum Gasteiger partial charge on any atom is -0.488 e. The second-order valence-electron chi connectivity index (χ2n) is 10.7. The van der Waals surface area contributed by atoms with Gasteiger partial charge < -0.3 is 20.1 Å². The maximum absolute atomic E-state index is 13.6. The number of hydrogen-bond donors (Lipinski definition) is 4. The third-order valence-electron chi connectivity index (χ3n) is 7.03. The highest BCUT2D eigenvalue weighted by Gasteiger charge is 2.42. The van der Waals surface area contributed by atoms with E-state index in [1.165, 1.54) is 48.5 Å². The Kier molecular flexibility index (Phi) is 10.6. The standard InChI is InChI=1S/C30H28N4O11S2/c1-47(43,44)32-21-13-19(30(39)40)12-20(14-21)31-28(37)24-10-18(11-26(35)46)15-33(24)29(38)27(36)23-4-2-3-5-25(23)45-16-17-6-8-22(9-7-17)34(41)42/h2-9,12-14,18,24,32H,10-11,15-16H2,1H3,(H,31,37)(H,35,46)(H,39,40)/t18-,24-/m0/s1. The number of thiol groups is 1. The summed E-state index contributed by atoms with van der Waals surface area (Å²) in [4.78, 5) is 75.5. The molecule has 1 heterocycles. The van der Waals surface area contributed by atoms with E-state index >= 15 is 0 Å². The number of nitro groups is 1. The molecule has 0 aliphatic carbocycles. The number of nitro benzene ring substituents is 1. The van der Waals surface area contributed by atoms with Gasteiger partial charge in [0.25, 0.3) is 17.4 Å². The third-order valence-corrected chi connectivity index (χ3v) is 7.82. The lowest BCUT2D eigenvalue weighted by Gasteiger charge is -2.24. The molecular weight excluding hydrogens is 656 g/mol. The first-order chi connectivity index (χ1) is 22.1. The average Bonchev–Trinajstić information content (AvgIpc) is 3.42. The maximum atomic E-state index is 13.6. The van der Waals surface area contributed by atoms with Gasteiger partial charge in [0.05, 0.1) is 28.0 Å². The maximum Gasteiger partial charge on any atom is 0.335 e. The van der Waals surface area contributed by atoms with Crippen LogP contribution in [0, 0.1) is 16.0 Å². The van der Waals surface area contributed by atoms with E-state index in [1.807, 2.05) is 0 Å². The predicted octanol–water partition coefficient (Wildman–Crippen LogP) is 3.13. The van der Waals surface area contributed by atoms with E-state index in [-0.39, 0.29) is 59.9 Å². The molecule has 0 bridgehead atoms. The number of rotatable bonds is 13. The fraction of sp³-hybridized carbons (Fsp3) is 0.233. The zero-order valence-corrected chi connectivity index (χ0v) is 26.3. The number of Topliss-reactive ketones (excluding diaryl/α,β-unsaturated/α-hetero) is 1. The number of aromatic carboxylic acids is 1. The van der Waals surface area contributed by atoms with Gasteiger partial charge in [-0.2, -0.15) is 0 Å². The molecular formula is C30H28N4O11S2. The monoisotopic (exact) mass is 684 g/mol. The van der Waals surface area contributed by atoms with Crippen molar-refractivity contribution in [2.45, 2.75) is 25.5 Å². The number of carbonyl (C=O) groups excluding carboxylic acids is 4. The first-order valence-electron chi connectivity index (χ1n) is 13.8. The topological polar surface area (TPSA) is 219 Å². The van der Waals surface area contributed by atoms with Gasteiger partial charge in [-0.1, -0.05) is 12.1 Å². The normalized spacial score (nSPS) is 15.8. The van der Waals surface area contributed by atoms with Crippen LogP contribution in [0.1, 0.15) is 39.1 Å². The second kappa shape index (κ2) is 14.4. The zero-order valence-electron chi connectivity index (χ0n) is 24.6. The fourth-order valence-corrected chi connectivity index (χ4v) is 5.82. The van der Waals surface area contributed by atoms with Crippen LogP contribution in [0.3, 0.4) is 0 Å². The summed E-state index contributed by atoms with van der Waals surface area (Å²) >= 11 is 3.80. The lowest BCUT2D eigenvalue weighted by Crippen LogP contribution is -2.46. The second-order valence-corrected chi connectivity index (χ2v) is 12.9. The van der Waals surface area contributed by atoms with Crippen LogP contribution in [0.5, 0.6) is 5.75 Å². The van der Waals surface area contributed by atoms with Gasteiger partial charge in [0, 0.05) is 30.8 Å². The number of non-ortho nitro benzene ring substituents is 1. The van der Waals surface area contributed by atoms with Crippen molar-refractivity contribution in [1.82, 2.24) is 4.90 Å². The van der Waals surface area contributed by atoms with Gasteiger partial charge >= 0.3 is 5.97 Å². The van der Waals surface area contributed by atoms with Crippen LogP contribution < -0.4 is 14.8 Å². The van der Waals surface area contributed by atoms with E-state index in [4.69, 9.17) is 4.74 Å². The van der Waals surface area contributed by atoms with E-state index in [2.05, 4.69) is 22.7 Å². The number of anilines is 2. The number of sulfonamides is 1. The van der Waals surface area contributed by atoms with E-state index in [0.29, 0.717) is 5.56 Å². The summed E-state index contributed by atoms with van der Waals surface area (Å²) in [5, 5.41) is 22.4. The summed E-state index contributed by atoms with van der Waals surface area (Å²) in [5.41, 5.74) is -0.246. The molecule has 1 aliphatic heterocycles. The Balaban J connectivity index is 1.57. The molecule has 1 fully saturated rings. The van der Waals surface area contributed by atoms with Crippen LogP contribution in [-0.2, 0) is 31.0 Å². The lowest BCUT2D eigenvalue weighted by atomic mass is 10.0. The zero-order chi connectivity index (χ0) is 34.5. The molecule has 0 radical (unpaired) electrons. The Hall–Kier alpha value is -5.29. The van der Waals surface area contributed by atoms with Crippen molar-refractivity contribution in [3.05, 3.63) is 93.5 Å². The number of nitrogens with zero attached hydrogens (tertiary/aromatic N) is 2. The molecule has 47 heavy (non-hydrogen) atoms. The molecule has 0 unspecified atom stereocenters. The first-order valence-corrected chi connectivity index (χ1v) is 16.1. The van der Waals surface area contributed by atoms with Gasteiger partial charge in [-0.15, -0.1) is 12.6 Å². The van der Waals surface area contributed by atoms with E-state index in [0.717, 1.165) is 23.3 Å². The smallest absolute Gasteiger partial charge is 0.335 e. The molecule has 3 aromatic carbocycles. The summed E-state index contributed by atoms with van der Waals surface area (Å²) in [6.07, 6.45) is 0.735. The number of carboxylic acids is 1. The lowest BCUT2D eigenvalue weighted by molar-refractivity contribution is -0.384. The highest BCUT2D eigenvalue weighted by Crippen LogP contribution is 2.30. The first kappa shape index (κ1) is 34.6. The van der Waals surface area contributed by atoms with Gasteiger partial charge in [0.15, 0.2) is 5.12 Å². The third kappa shape index (κ3) is 9.14. The number of amides is 2. The van der Waals surface area contributed by atoms with Crippen LogP contribution >= 0.6 is 12.6 Å². The Morgan fingerprint density at radius 1 is 1.04 bits per heavy atom. The van der Waals surface area contributed by atoms with E-state index in [9.17, 15) is 47.6 Å². The Morgan fingerprint density at radius 2 is 1.70 bits per heavy atom. The number of para-hydroxylation sites is 1. The minimum absolute atomic E-state index is 0.0253. The fourth-order valence-electron chi connectivity index (χ4n) is 5.01. The number of ether oxygens (including phenoxy) is 1. The van der Waals surface area contributed by atoms with Crippen LogP contribution in [0.15, 0.2) is 66.7 Å². The summed E-state index contributed by atoms with van der Waals surface area (Å²) in [7, 11) is -3.80. The van der Waals surface area contributed by atoms with Gasteiger partial charge in [0.2, 0.25) is 15.9 Å². The van der Waals surface area contributed by atoms with E-state index < -0.39 is 55.6 Å². The molecule has 4 rings (SSSR count). The molecule has 0 saturated carbocycles. The number of likely N-dealkylation sites (tertiary alicyclic amines) is 1. The molecule has 15 nitrogen and oxygen atoms in total. The van der Waals surface area contributed by atoms with Crippen LogP contribution in [-0.4, -0.2) is 70.9 Å². The summed E-state index contributed by atoms with van der Waals surface area (Å²) in [6, 6.07) is 13.5. The molecule has 3 aromatic rings. The summed E-state index contributed by atoms with van der Waals surface area (Å²) < 4.78 is 31.4. The number of hydrogen-bond acceptors (Lipinski definition) is 10. The highest BCUT2D eigenvalue weighted by atomic mass is 32.2. The average molecular weight is 685 g/mol. The van der Waals surface area contributed by atoms with Gasteiger partial charge in [-0.25, -0.2) is 13.2 Å². The van der Waals surface area contributed by atoms with Gasteiger partial charge in [-0.3, -0.25) is 34.0 Å². The molecule has 0 aromatic heterocycles. The Bertz CT molecular complexity index is 1860. The molecule has 0 spiro atoms. The highest BCUT2D eigenvalue weighted by molar-refractivity contribution is 7.96. The number of carbonyl (C=O) groups is 5. The largest absolute Gasteiger partial charge is 0.488 e. The number of nitrogens with one attached hydrogen (secondary N) is 2. The van der Waals surface area contributed by atoms with Crippen molar-refractivity contribution < 1.29 is 47.2 Å². The summed E-state index contributed by atoms with van der Waals surface area (Å²) in [6.45, 7) is -0.222. The predicted molar refractivity (Wildman–Crippen MR) is 171 cm³/mol. The Morgan fingerprint density at radius 3 is 2.32 bits per heavy atom. The molecule has 1 saturated heterocycles. The molecule has 2 amide bonds. The van der Waals surface area contributed by atoms with Crippen molar-refractivity contribution in [2.75, 3.05) is 22.8 Å². The van der Waals surface area contributed by atoms with Crippen LogP contribution in [0.25, 0.3) is 0 Å².